The number of hydrogen-bond acceptors (Lipinski definition) is 2. The number of benzene rings is 1. The summed E-state index contributed by atoms with van der Waals surface area (Å²) in [6.07, 6.45) is 1.53. The molecule has 0 aliphatic rings. The first-order valence-corrected chi connectivity index (χ1v) is 5.88. The number of rotatable bonds is 2. The molecule has 2 N–H and O–H groups in total. The summed E-state index contributed by atoms with van der Waals surface area (Å²) < 4.78 is 0. The van der Waals surface area contributed by atoms with Gasteiger partial charge < -0.3 is 10.3 Å². The molecule has 0 atom stereocenters. The Morgan fingerprint density at radius 2 is 1.78 bits per heavy atom. The Balaban J connectivity index is 2.31. The molecule has 18 heavy (non-hydrogen) atoms. The lowest BCUT2D eigenvalue weighted by molar-refractivity contribution is 0.102. The van der Waals surface area contributed by atoms with Gasteiger partial charge in [0.1, 0.15) is 5.69 Å². The molecule has 94 valence electrons. The van der Waals surface area contributed by atoms with Crippen LogP contribution < -0.4 is 5.32 Å². The smallest absolute Gasteiger partial charge is 0.276 e. The zero-order valence-corrected chi connectivity index (χ0v) is 11.1. The Morgan fingerprint density at radius 1 is 1.17 bits per heavy atom. The largest absolute Gasteiger partial charge is 0.348 e. The van der Waals surface area contributed by atoms with Crippen LogP contribution in [-0.2, 0) is 0 Å². The van der Waals surface area contributed by atoms with Crippen molar-refractivity contribution in [2.45, 2.75) is 27.7 Å². The normalized spacial score (nSPS) is 10.4. The summed E-state index contributed by atoms with van der Waals surface area (Å²) in [5.74, 6) is -0.177. The molecule has 1 heterocycles. The summed E-state index contributed by atoms with van der Waals surface area (Å²) in [4.78, 5) is 19.0. The van der Waals surface area contributed by atoms with Crippen LogP contribution >= 0.6 is 0 Å². The lowest BCUT2D eigenvalue weighted by atomic mass is 10.0. The molecular formula is C14H17N3O. The highest BCUT2D eigenvalue weighted by Crippen LogP contribution is 2.22. The van der Waals surface area contributed by atoms with Crippen molar-refractivity contribution < 1.29 is 4.79 Å². The van der Waals surface area contributed by atoms with Crippen LogP contribution in [0.1, 0.15) is 32.9 Å². The van der Waals surface area contributed by atoms with Crippen LogP contribution in [0, 0.1) is 27.7 Å². The first kappa shape index (κ1) is 12.4. The van der Waals surface area contributed by atoms with E-state index < -0.39 is 0 Å². The predicted molar refractivity (Wildman–Crippen MR) is 71.9 cm³/mol. The fraction of sp³-hybridized carbons (Fsp3) is 0.286. The van der Waals surface area contributed by atoms with Gasteiger partial charge in [0, 0.05) is 11.4 Å². The molecule has 2 rings (SSSR count). The molecule has 0 radical (unpaired) electrons. The van der Waals surface area contributed by atoms with E-state index in [0.29, 0.717) is 5.69 Å². The quantitative estimate of drug-likeness (QED) is 0.852. The summed E-state index contributed by atoms with van der Waals surface area (Å²) in [6, 6.07) is 4.11. The van der Waals surface area contributed by atoms with Crippen molar-refractivity contribution in [1.82, 2.24) is 9.97 Å². The lowest BCUT2D eigenvalue weighted by Gasteiger charge is -2.12. The molecule has 0 saturated heterocycles. The van der Waals surface area contributed by atoms with Gasteiger partial charge in [0.25, 0.3) is 5.91 Å². The zero-order chi connectivity index (χ0) is 13.3. The summed E-state index contributed by atoms with van der Waals surface area (Å²) in [6.45, 7) is 7.86. The average molecular weight is 243 g/mol. The number of aromatic nitrogens is 2. The van der Waals surface area contributed by atoms with E-state index in [2.05, 4.69) is 27.4 Å². The number of nitrogens with one attached hydrogen (secondary N) is 2. The minimum Gasteiger partial charge on any atom is -0.348 e. The first-order valence-electron chi connectivity index (χ1n) is 5.88. The SMILES string of the molecule is Cc1cc(C)c(NC(=O)c2nc[nH]c2C)c(C)c1. The Labute approximate surface area is 106 Å². The Hall–Kier alpha value is -2.10. The molecule has 0 bridgehead atoms. The standard InChI is InChI=1S/C14H17N3O/c1-8-5-9(2)12(10(3)6-8)17-14(18)13-11(4)15-7-16-13/h5-7H,1-4H3,(H,15,16)(H,17,18). The number of hydrogen-bond donors (Lipinski definition) is 2. The maximum absolute atomic E-state index is 12.1. The van der Waals surface area contributed by atoms with E-state index in [9.17, 15) is 4.79 Å². The van der Waals surface area contributed by atoms with E-state index in [1.165, 1.54) is 11.9 Å². The minimum atomic E-state index is -0.177. The van der Waals surface area contributed by atoms with Gasteiger partial charge >= 0.3 is 0 Å². The lowest BCUT2D eigenvalue weighted by Crippen LogP contribution is -2.15. The van der Waals surface area contributed by atoms with Gasteiger partial charge in [-0.3, -0.25) is 4.79 Å². The van der Waals surface area contributed by atoms with Crippen LogP contribution in [0.4, 0.5) is 5.69 Å². The van der Waals surface area contributed by atoms with Crippen molar-refractivity contribution in [3.63, 3.8) is 0 Å². The highest BCUT2D eigenvalue weighted by Gasteiger charge is 2.14. The molecule has 0 fully saturated rings. The molecule has 0 spiro atoms. The summed E-state index contributed by atoms with van der Waals surface area (Å²) >= 11 is 0. The van der Waals surface area contributed by atoms with Gasteiger partial charge in [0.2, 0.25) is 0 Å². The fourth-order valence-electron chi connectivity index (χ4n) is 2.14. The number of amides is 1. The van der Waals surface area contributed by atoms with Crippen molar-refractivity contribution in [1.29, 1.82) is 0 Å². The third-order valence-corrected chi connectivity index (χ3v) is 2.96. The molecule has 4 heteroatoms. The van der Waals surface area contributed by atoms with Gasteiger partial charge in [0.15, 0.2) is 0 Å². The van der Waals surface area contributed by atoms with Gasteiger partial charge in [-0.05, 0) is 38.8 Å². The number of anilines is 1. The molecule has 0 aliphatic carbocycles. The van der Waals surface area contributed by atoms with E-state index in [4.69, 9.17) is 0 Å². The molecular weight excluding hydrogens is 226 g/mol. The second-order valence-electron chi connectivity index (χ2n) is 4.60. The van der Waals surface area contributed by atoms with Gasteiger partial charge in [-0.2, -0.15) is 0 Å². The first-order chi connectivity index (χ1) is 8.49. The van der Waals surface area contributed by atoms with Gasteiger partial charge in [-0.1, -0.05) is 17.7 Å². The van der Waals surface area contributed by atoms with Crippen molar-refractivity contribution in [3.05, 3.63) is 46.5 Å². The third-order valence-electron chi connectivity index (χ3n) is 2.96. The van der Waals surface area contributed by atoms with E-state index in [1.807, 2.05) is 27.7 Å². The van der Waals surface area contributed by atoms with Gasteiger partial charge in [-0.25, -0.2) is 4.98 Å². The molecule has 0 unspecified atom stereocenters. The van der Waals surface area contributed by atoms with Crippen LogP contribution in [-0.4, -0.2) is 15.9 Å². The average Bonchev–Trinajstić information content (AvgIpc) is 2.69. The highest BCUT2D eigenvalue weighted by molar-refractivity contribution is 6.04. The molecule has 1 aromatic carbocycles. The number of imidazole rings is 1. The summed E-state index contributed by atoms with van der Waals surface area (Å²) in [7, 11) is 0. The molecule has 1 aromatic heterocycles. The van der Waals surface area contributed by atoms with Crippen LogP contribution in [0.3, 0.4) is 0 Å². The predicted octanol–water partition coefficient (Wildman–Crippen LogP) is 2.90. The minimum absolute atomic E-state index is 0.177. The van der Waals surface area contributed by atoms with E-state index in [1.54, 1.807) is 0 Å². The maximum atomic E-state index is 12.1. The zero-order valence-electron chi connectivity index (χ0n) is 11.1. The number of carbonyl (C=O) groups is 1. The Morgan fingerprint density at radius 3 is 2.28 bits per heavy atom. The van der Waals surface area contributed by atoms with Crippen LogP contribution in [0.25, 0.3) is 0 Å². The van der Waals surface area contributed by atoms with E-state index in [0.717, 1.165) is 22.5 Å². The monoisotopic (exact) mass is 243 g/mol. The third kappa shape index (κ3) is 2.27. The molecule has 0 aliphatic heterocycles. The maximum Gasteiger partial charge on any atom is 0.276 e. The summed E-state index contributed by atoms with van der Waals surface area (Å²) in [5.41, 5.74) is 5.40. The second-order valence-corrected chi connectivity index (χ2v) is 4.60. The molecule has 4 nitrogen and oxygen atoms in total. The number of H-pyrrole nitrogens is 1. The number of carbonyl (C=O) groups excluding carboxylic acids is 1. The number of nitrogens with zero attached hydrogens (tertiary/aromatic N) is 1. The van der Waals surface area contributed by atoms with Crippen LogP contribution in [0.5, 0.6) is 0 Å². The summed E-state index contributed by atoms with van der Waals surface area (Å²) in [5, 5.41) is 2.93. The Bertz CT molecular complexity index is 576. The van der Waals surface area contributed by atoms with Crippen molar-refractivity contribution >= 4 is 11.6 Å². The van der Waals surface area contributed by atoms with Crippen molar-refractivity contribution in [2.75, 3.05) is 5.32 Å². The van der Waals surface area contributed by atoms with Crippen molar-refractivity contribution in [2.24, 2.45) is 0 Å². The second kappa shape index (κ2) is 4.64. The number of aryl methyl sites for hydroxylation is 4. The van der Waals surface area contributed by atoms with E-state index >= 15 is 0 Å². The molecule has 0 saturated carbocycles. The van der Waals surface area contributed by atoms with Crippen LogP contribution in [0.2, 0.25) is 0 Å². The van der Waals surface area contributed by atoms with Gasteiger partial charge in [0.05, 0.1) is 6.33 Å². The number of aromatic amines is 1. The molecule has 2 aromatic rings. The van der Waals surface area contributed by atoms with Crippen molar-refractivity contribution in [3.8, 4) is 0 Å². The Kier molecular flexibility index (Phi) is 3.19. The highest BCUT2D eigenvalue weighted by atomic mass is 16.1. The fourth-order valence-corrected chi connectivity index (χ4v) is 2.14. The van der Waals surface area contributed by atoms with E-state index in [-0.39, 0.29) is 5.91 Å². The van der Waals surface area contributed by atoms with Gasteiger partial charge in [-0.15, -0.1) is 0 Å². The van der Waals surface area contributed by atoms with Crippen LogP contribution in [0.15, 0.2) is 18.5 Å². The topological polar surface area (TPSA) is 57.8 Å². The molecule has 1 amide bonds.